The number of aromatic carboxylic acids is 1. The molecule has 0 bridgehead atoms. The molecule has 1 aromatic heterocycles. The summed E-state index contributed by atoms with van der Waals surface area (Å²) in [6, 6.07) is 2.32. The smallest absolute Gasteiger partial charge is 0.266 e. The molecule has 0 aliphatic heterocycles. The fourth-order valence-electron chi connectivity index (χ4n) is 0.930. The Morgan fingerprint density at radius 1 is 1.62 bits per heavy atom. The van der Waals surface area contributed by atoms with E-state index >= 15 is 0 Å². The van der Waals surface area contributed by atoms with Crippen LogP contribution in [-0.4, -0.2) is 15.7 Å². The van der Waals surface area contributed by atoms with Crippen LogP contribution in [0.3, 0.4) is 0 Å². The van der Waals surface area contributed by atoms with E-state index in [2.05, 4.69) is 5.10 Å². The maximum Gasteiger partial charge on any atom is 0.266 e. The number of hydrogen-bond donors (Lipinski definition) is 0. The second-order valence-electron chi connectivity index (χ2n) is 2.57. The van der Waals surface area contributed by atoms with Crippen LogP contribution in [0.4, 0.5) is 0 Å². The number of carbonyl (C=O) groups is 1. The maximum atomic E-state index is 11.1. The number of carbonyl (C=O) groups excluding carboxylic acids is 1. The predicted octanol–water partition coefficient (Wildman–Crippen LogP) is -0.983. The zero-order valence-corrected chi connectivity index (χ0v) is 7.19. The lowest BCUT2D eigenvalue weighted by Crippen LogP contribution is -2.29. The van der Waals surface area contributed by atoms with Gasteiger partial charge in [-0.2, -0.15) is 5.10 Å². The van der Waals surface area contributed by atoms with Crippen molar-refractivity contribution in [2.24, 2.45) is 0 Å². The van der Waals surface area contributed by atoms with Crippen LogP contribution in [-0.2, 0) is 6.54 Å². The summed E-state index contributed by atoms with van der Waals surface area (Å²) in [5.41, 5.74) is -0.514. The highest BCUT2D eigenvalue weighted by atomic mass is 16.4. The Bertz CT molecular complexity index is 370. The zero-order valence-electron chi connectivity index (χ0n) is 7.19. The summed E-state index contributed by atoms with van der Waals surface area (Å²) in [4.78, 5) is 21.5. The molecular weight excluding hydrogens is 172 g/mol. The molecule has 70 valence electrons. The summed E-state index contributed by atoms with van der Waals surface area (Å²) >= 11 is 0. The fourth-order valence-corrected chi connectivity index (χ4v) is 0.930. The molecule has 5 nitrogen and oxygen atoms in total. The molecule has 0 aliphatic rings. The van der Waals surface area contributed by atoms with Crippen molar-refractivity contribution in [1.29, 1.82) is 0 Å². The number of carboxylic acid groups (broad SMARTS) is 1. The fraction of sp³-hybridized carbons (Fsp3) is 0.375. The molecule has 1 aromatic rings. The molecule has 1 rings (SSSR count). The second-order valence-corrected chi connectivity index (χ2v) is 2.57. The Morgan fingerprint density at radius 2 is 2.31 bits per heavy atom. The molecule has 0 radical (unpaired) electrons. The molecule has 0 fully saturated rings. The van der Waals surface area contributed by atoms with Crippen molar-refractivity contribution < 1.29 is 9.90 Å². The Hall–Kier alpha value is -1.65. The first-order valence-electron chi connectivity index (χ1n) is 3.94. The van der Waals surface area contributed by atoms with Gasteiger partial charge in [0.25, 0.3) is 5.56 Å². The number of hydrogen-bond acceptors (Lipinski definition) is 4. The summed E-state index contributed by atoms with van der Waals surface area (Å²) in [5, 5.41) is 14.0. The van der Waals surface area contributed by atoms with Crippen LogP contribution in [0.5, 0.6) is 0 Å². The topological polar surface area (TPSA) is 75.0 Å². The van der Waals surface area contributed by atoms with E-state index in [0.29, 0.717) is 6.54 Å². The number of nitrogens with zero attached hydrogens (tertiary/aromatic N) is 2. The second kappa shape index (κ2) is 3.84. The summed E-state index contributed by atoms with van der Waals surface area (Å²) in [7, 11) is 0. The molecule has 13 heavy (non-hydrogen) atoms. The lowest BCUT2D eigenvalue weighted by Gasteiger charge is -2.05. The first kappa shape index (κ1) is 9.44. The van der Waals surface area contributed by atoms with Gasteiger partial charge in [0.15, 0.2) is 0 Å². The minimum Gasteiger partial charge on any atom is -0.543 e. The van der Waals surface area contributed by atoms with Gasteiger partial charge in [0.1, 0.15) is 5.69 Å². The van der Waals surface area contributed by atoms with Gasteiger partial charge in [-0.25, -0.2) is 4.68 Å². The number of aryl methyl sites for hydroxylation is 1. The van der Waals surface area contributed by atoms with Crippen molar-refractivity contribution >= 4 is 5.97 Å². The van der Waals surface area contributed by atoms with Crippen LogP contribution in [0.25, 0.3) is 0 Å². The van der Waals surface area contributed by atoms with Gasteiger partial charge in [0.05, 0.1) is 5.97 Å². The molecular formula is C8H9N2O3-. The van der Waals surface area contributed by atoms with Gasteiger partial charge in [-0.15, -0.1) is 0 Å². The monoisotopic (exact) mass is 181 g/mol. The molecule has 0 saturated carbocycles. The van der Waals surface area contributed by atoms with Crippen LogP contribution in [0.1, 0.15) is 23.8 Å². The third-order valence-corrected chi connectivity index (χ3v) is 1.51. The van der Waals surface area contributed by atoms with Gasteiger partial charge < -0.3 is 9.90 Å². The van der Waals surface area contributed by atoms with Crippen molar-refractivity contribution in [3.05, 3.63) is 28.2 Å². The third-order valence-electron chi connectivity index (χ3n) is 1.51. The molecule has 0 unspecified atom stereocenters. The van der Waals surface area contributed by atoms with E-state index in [1.54, 1.807) is 0 Å². The van der Waals surface area contributed by atoms with Gasteiger partial charge in [-0.3, -0.25) is 4.79 Å². The highest BCUT2D eigenvalue weighted by Gasteiger charge is 1.99. The van der Waals surface area contributed by atoms with Crippen LogP contribution in [0, 0.1) is 0 Å². The first-order valence-corrected chi connectivity index (χ1v) is 3.94. The lowest BCUT2D eigenvalue weighted by molar-refractivity contribution is -0.255. The zero-order chi connectivity index (χ0) is 9.84. The highest BCUT2D eigenvalue weighted by molar-refractivity contribution is 5.82. The number of aromatic nitrogens is 2. The number of rotatable bonds is 3. The van der Waals surface area contributed by atoms with Gasteiger partial charge in [-0.05, 0) is 12.5 Å². The molecule has 0 saturated heterocycles. The Kier molecular flexibility index (Phi) is 2.79. The van der Waals surface area contributed by atoms with E-state index in [4.69, 9.17) is 0 Å². The van der Waals surface area contributed by atoms with E-state index in [1.165, 1.54) is 6.07 Å². The summed E-state index contributed by atoms with van der Waals surface area (Å²) in [5.74, 6) is -1.37. The molecule has 0 aromatic carbocycles. The third kappa shape index (κ3) is 2.14. The lowest BCUT2D eigenvalue weighted by atomic mass is 10.4. The molecule has 0 spiro atoms. The molecule has 1 heterocycles. The molecule has 0 atom stereocenters. The van der Waals surface area contributed by atoms with Crippen molar-refractivity contribution in [2.45, 2.75) is 19.9 Å². The Morgan fingerprint density at radius 3 is 2.85 bits per heavy atom. The van der Waals surface area contributed by atoms with E-state index in [0.717, 1.165) is 17.2 Å². The van der Waals surface area contributed by atoms with Crippen molar-refractivity contribution in [1.82, 2.24) is 9.78 Å². The van der Waals surface area contributed by atoms with Crippen LogP contribution < -0.4 is 10.7 Å². The summed E-state index contributed by atoms with van der Waals surface area (Å²) in [6.07, 6.45) is 0.726. The maximum absolute atomic E-state index is 11.1. The van der Waals surface area contributed by atoms with Gasteiger partial charge in [0.2, 0.25) is 0 Å². The predicted molar refractivity (Wildman–Crippen MR) is 43.1 cm³/mol. The molecule has 0 aliphatic carbocycles. The van der Waals surface area contributed by atoms with Crippen LogP contribution in [0.2, 0.25) is 0 Å². The Labute approximate surface area is 74.6 Å². The number of carboxylic acids is 1. The first-order chi connectivity index (χ1) is 6.15. The van der Waals surface area contributed by atoms with E-state index < -0.39 is 5.97 Å². The minimum absolute atomic E-state index is 0.215. The van der Waals surface area contributed by atoms with Crippen LogP contribution in [0.15, 0.2) is 16.9 Å². The molecule has 0 amide bonds. The van der Waals surface area contributed by atoms with Gasteiger partial charge in [-0.1, -0.05) is 6.92 Å². The highest BCUT2D eigenvalue weighted by Crippen LogP contribution is 1.89. The van der Waals surface area contributed by atoms with Crippen LogP contribution >= 0.6 is 0 Å². The van der Waals surface area contributed by atoms with Gasteiger partial charge in [0, 0.05) is 12.6 Å². The molecule has 0 N–H and O–H groups in total. The summed E-state index contributed by atoms with van der Waals surface area (Å²) < 4.78 is 1.12. The quantitative estimate of drug-likeness (QED) is 0.600. The van der Waals surface area contributed by atoms with E-state index in [9.17, 15) is 14.7 Å². The average Bonchev–Trinajstić information content (AvgIpc) is 2.08. The van der Waals surface area contributed by atoms with Crippen molar-refractivity contribution in [3.63, 3.8) is 0 Å². The Balaban J connectivity index is 3.11. The average molecular weight is 181 g/mol. The molecule has 5 heteroatoms. The van der Waals surface area contributed by atoms with E-state index in [-0.39, 0.29) is 11.3 Å². The normalized spacial score (nSPS) is 9.92. The van der Waals surface area contributed by atoms with Crippen molar-refractivity contribution in [3.8, 4) is 0 Å². The standard InChI is InChI=1S/C8H10N2O3/c1-2-5-10-7(11)4-3-6(9-10)8(12)13/h3-4H,2,5H2,1H3,(H,12,13)/p-1. The van der Waals surface area contributed by atoms with E-state index in [1.807, 2.05) is 6.92 Å². The SMILES string of the molecule is CCCn1nc(C(=O)[O-])ccc1=O. The summed E-state index contributed by atoms with van der Waals surface area (Å²) in [6.45, 7) is 2.29. The largest absolute Gasteiger partial charge is 0.543 e. The van der Waals surface area contributed by atoms with Crippen molar-refractivity contribution in [2.75, 3.05) is 0 Å². The van der Waals surface area contributed by atoms with Gasteiger partial charge >= 0.3 is 0 Å². The minimum atomic E-state index is -1.37.